The van der Waals surface area contributed by atoms with Crippen LogP contribution in [0.2, 0.25) is 0 Å². The number of nitro benzene ring substituents is 1. The molecule has 6 nitrogen and oxygen atoms in total. The summed E-state index contributed by atoms with van der Waals surface area (Å²) < 4.78 is 0. The highest BCUT2D eigenvalue weighted by atomic mass is 16.6. The van der Waals surface area contributed by atoms with Crippen LogP contribution in [0.15, 0.2) is 42.7 Å². The van der Waals surface area contributed by atoms with Gasteiger partial charge in [0, 0.05) is 37.7 Å². The molecule has 21 heavy (non-hydrogen) atoms. The minimum Gasteiger partial charge on any atom is -0.370 e. The molecule has 6 heteroatoms. The molecule has 1 aromatic heterocycles. The number of nitrogens with zero attached hydrogens (tertiary/aromatic N) is 3. The molecular weight excluding hydrogens is 270 g/mol. The highest BCUT2D eigenvalue weighted by Crippen LogP contribution is 2.26. The third-order valence-electron chi connectivity index (χ3n) is 3.17. The van der Waals surface area contributed by atoms with Crippen LogP contribution in [-0.2, 0) is 6.54 Å². The van der Waals surface area contributed by atoms with E-state index in [1.807, 2.05) is 24.1 Å². The van der Waals surface area contributed by atoms with Gasteiger partial charge in [-0.2, -0.15) is 0 Å². The Morgan fingerprint density at radius 2 is 1.95 bits per heavy atom. The number of hydrogen-bond donors (Lipinski definition) is 0. The first-order valence-corrected chi connectivity index (χ1v) is 6.38. The minimum atomic E-state index is -0.527. The second-order valence-electron chi connectivity index (χ2n) is 4.73. The van der Waals surface area contributed by atoms with Crippen LogP contribution in [0, 0.1) is 10.1 Å². The zero-order chi connectivity index (χ0) is 15.4. The van der Waals surface area contributed by atoms with Crippen LogP contribution in [0.3, 0.4) is 0 Å². The van der Waals surface area contributed by atoms with E-state index < -0.39 is 4.92 Å². The van der Waals surface area contributed by atoms with Crippen molar-refractivity contribution in [1.29, 1.82) is 0 Å². The van der Waals surface area contributed by atoms with Gasteiger partial charge in [0.15, 0.2) is 5.78 Å². The molecule has 2 rings (SSSR count). The van der Waals surface area contributed by atoms with Gasteiger partial charge in [-0.15, -0.1) is 0 Å². The molecule has 1 aromatic carbocycles. The van der Waals surface area contributed by atoms with E-state index in [1.54, 1.807) is 18.5 Å². The Morgan fingerprint density at radius 3 is 2.52 bits per heavy atom. The van der Waals surface area contributed by atoms with Crippen LogP contribution in [0.25, 0.3) is 0 Å². The summed E-state index contributed by atoms with van der Waals surface area (Å²) in [5, 5.41) is 11.1. The predicted octanol–water partition coefficient (Wildman–Crippen LogP) is 2.83. The van der Waals surface area contributed by atoms with Gasteiger partial charge in [0.05, 0.1) is 10.5 Å². The van der Waals surface area contributed by atoms with Crippen LogP contribution in [0.5, 0.6) is 0 Å². The molecule has 1 heterocycles. The molecule has 0 atom stereocenters. The lowest BCUT2D eigenvalue weighted by Crippen LogP contribution is -2.16. The largest absolute Gasteiger partial charge is 0.370 e. The van der Waals surface area contributed by atoms with E-state index in [0.717, 1.165) is 5.56 Å². The van der Waals surface area contributed by atoms with Gasteiger partial charge in [-0.3, -0.25) is 19.9 Å². The van der Waals surface area contributed by atoms with E-state index >= 15 is 0 Å². The quantitative estimate of drug-likeness (QED) is 0.479. The van der Waals surface area contributed by atoms with Crippen molar-refractivity contribution in [2.45, 2.75) is 13.5 Å². The van der Waals surface area contributed by atoms with Crippen molar-refractivity contribution in [2.24, 2.45) is 0 Å². The SMILES string of the molecule is CC(=O)c1ccc(N(C)Cc2ccncc2)cc1[N+](=O)[O-]. The number of carbonyl (C=O) groups excluding carboxylic acids is 1. The monoisotopic (exact) mass is 285 g/mol. The number of anilines is 1. The number of ketones is 1. The number of Topliss-reactive ketones (excluding diaryl/α,β-unsaturated/α-hetero) is 1. The number of hydrogen-bond acceptors (Lipinski definition) is 5. The smallest absolute Gasteiger partial charge is 0.282 e. The maximum atomic E-state index is 11.4. The first-order chi connectivity index (χ1) is 9.99. The number of nitro groups is 1. The number of benzene rings is 1. The second-order valence-corrected chi connectivity index (χ2v) is 4.73. The summed E-state index contributed by atoms with van der Waals surface area (Å²) in [4.78, 5) is 27.8. The summed E-state index contributed by atoms with van der Waals surface area (Å²) in [5.74, 6) is -0.315. The summed E-state index contributed by atoms with van der Waals surface area (Å²) in [6.07, 6.45) is 3.40. The first kappa shape index (κ1) is 14.6. The molecule has 0 bridgehead atoms. The molecule has 0 aliphatic rings. The lowest BCUT2D eigenvalue weighted by atomic mass is 10.1. The van der Waals surface area contributed by atoms with E-state index in [0.29, 0.717) is 12.2 Å². The lowest BCUT2D eigenvalue weighted by Gasteiger charge is -2.19. The molecule has 108 valence electrons. The zero-order valence-corrected chi connectivity index (χ0v) is 11.8. The van der Waals surface area contributed by atoms with Gasteiger partial charge >= 0.3 is 0 Å². The Hall–Kier alpha value is -2.76. The minimum absolute atomic E-state index is 0.126. The van der Waals surface area contributed by atoms with Crippen molar-refractivity contribution in [2.75, 3.05) is 11.9 Å². The fraction of sp³-hybridized carbons (Fsp3) is 0.200. The van der Waals surface area contributed by atoms with Gasteiger partial charge in [-0.1, -0.05) is 0 Å². The maximum Gasteiger partial charge on any atom is 0.282 e. The molecule has 0 amide bonds. The van der Waals surface area contributed by atoms with E-state index in [-0.39, 0.29) is 17.0 Å². The van der Waals surface area contributed by atoms with Crippen molar-refractivity contribution < 1.29 is 9.72 Å². The van der Waals surface area contributed by atoms with Gasteiger partial charge in [-0.05, 0) is 36.8 Å². The molecule has 0 spiro atoms. The topological polar surface area (TPSA) is 76.3 Å². The third kappa shape index (κ3) is 3.42. The summed E-state index contributed by atoms with van der Waals surface area (Å²) in [6.45, 7) is 1.92. The molecule has 0 N–H and O–H groups in total. The van der Waals surface area contributed by atoms with Gasteiger partial charge < -0.3 is 4.90 Å². The molecule has 0 radical (unpaired) electrons. The van der Waals surface area contributed by atoms with Crippen LogP contribution in [0.1, 0.15) is 22.8 Å². The molecule has 0 saturated carbocycles. The summed E-state index contributed by atoms with van der Waals surface area (Å²) >= 11 is 0. The van der Waals surface area contributed by atoms with E-state index in [2.05, 4.69) is 4.98 Å². The van der Waals surface area contributed by atoms with E-state index in [9.17, 15) is 14.9 Å². The van der Waals surface area contributed by atoms with Crippen LogP contribution in [-0.4, -0.2) is 22.7 Å². The maximum absolute atomic E-state index is 11.4. The van der Waals surface area contributed by atoms with Crippen molar-refractivity contribution in [3.05, 3.63) is 64.0 Å². The van der Waals surface area contributed by atoms with Crippen molar-refractivity contribution in [1.82, 2.24) is 4.98 Å². The normalized spacial score (nSPS) is 10.2. The lowest BCUT2D eigenvalue weighted by molar-refractivity contribution is -0.385. The predicted molar refractivity (Wildman–Crippen MR) is 79.4 cm³/mol. The third-order valence-corrected chi connectivity index (χ3v) is 3.17. The fourth-order valence-electron chi connectivity index (χ4n) is 2.06. The Balaban J connectivity index is 2.30. The Morgan fingerprint density at radius 1 is 1.29 bits per heavy atom. The molecule has 0 aliphatic heterocycles. The van der Waals surface area contributed by atoms with Gasteiger partial charge in [0.2, 0.25) is 0 Å². The summed E-state index contributed by atoms with van der Waals surface area (Å²) in [7, 11) is 1.84. The molecule has 2 aromatic rings. The standard InChI is InChI=1S/C15H15N3O3/c1-11(19)14-4-3-13(9-15(14)18(20)21)17(2)10-12-5-7-16-8-6-12/h3-9H,10H2,1-2H3. The Bertz CT molecular complexity index is 671. The number of rotatable bonds is 5. The zero-order valence-electron chi connectivity index (χ0n) is 11.8. The van der Waals surface area contributed by atoms with Crippen molar-refractivity contribution in [3.63, 3.8) is 0 Å². The average molecular weight is 285 g/mol. The van der Waals surface area contributed by atoms with Crippen LogP contribution < -0.4 is 4.90 Å². The highest BCUT2D eigenvalue weighted by Gasteiger charge is 2.18. The summed E-state index contributed by atoms with van der Waals surface area (Å²) in [6, 6.07) is 8.41. The number of aromatic nitrogens is 1. The van der Waals surface area contributed by atoms with Gasteiger partial charge in [0.25, 0.3) is 5.69 Å². The average Bonchev–Trinajstić information content (AvgIpc) is 2.47. The van der Waals surface area contributed by atoms with Gasteiger partial charge in [-0.25, -0.2) is 0 Å². The molecule has 0 fully saturated rings. The Labute approximate surface area is 122 Å². The molecule has 0 unspecified atom stereocenters. The summed E-state index contributed by atoms with van der Waals surface area (Å²) in [5.41, 5.74) is 1.69. The van der Waals surface area contributed by atoms with Crippen LogP contribution in [0.4, 0.5) is 11.4 Å². The number of pyridine rings is 1. The van der Waals surface area contributed by atoms with Crippen molar-refractivity contribution in [3.8, 4) is 0 Å². The molecular formula is C15H15N3O3. The van der Waals surface area contributed by atoms with Crippen LogP contribution >= 0.6 is 0 Å². The molecule has 0 aliphatic carbocycles. The van der Waals surface area contributed by atoms with Crippen molar-refractivity contribution >= 4 is 17.2 Å². The van der Waals surface area contributed by atoms with E-state index in [4.69, 9.17) is 0 Å². The highest BCUT2D eigenvalue weighted by molar-refractivity contribution is 5.98. The van der Waals surface area contributed by atoms with E-state index in [1.165, 1.54) is 19.1 Å². The molecule has 0 saturated heterocycles. The number of carbonyl (C=O) groups is 1. The fourth-order valence-corrected chi connectivity index (χ4v) is 2.06. The second kappa shape index (κ2) is 6.13. The van der Waals surface area contributed by atoms with Gasteiger partial charge in [0.1, 0.15) is 0 Å². The Kier molecular flexibility index (Phi) is 4.27. The first-order valence-electron chi connectivity index (χ1n) is 6.38.